The van der Waals surface area contributed by atoms with E-state index in [4.69, 9.17) is 4.74 Å². The van der Waals surface area contributed by atoms with E-state index in [-0.39, 0.29) is 0 Å². The molecule has 1 heterocycles. The molecule has 0 saturated carbocycles. The first-order valence-electron chi connectivity index (χ1n) is 7.70. The summed E-state index contributed by atoms with van der Waals surface area (Å²) in [4.78, 5) is 28.9. The molecule has 0 aliphatic heterocycles. The van der Waals surface area contributed by atoms with Crippen molar-refractivity contribution < 1.29 is 18.5 Å². The smallest absolute Gasteiger partial charge is 0.338 e. The van der Waals surface area contributed by atoms with Gasteiger partial charge in [0.1, 0.15) is 0 Å². The Labute approximate surface area is 156 Å². The molecular formula is C18H16N2O4S2. The molecule has 0 fully saturated rings. The molecule has 1 N–H and O–H groups in total. The van der Waals surface area contributed by atoms with E-state index in [1.54, 1.807) is 18.4 Å². The van der Waals surface area contributed by atoms with Gasteiger partial charge in [0.25, 0.3) is 5.91 Å². The number of ether oxygens (including phenoxy) is 1. The van der Waals surface area contributed by atoms with Crippen molar-refractivity contribution in [3.63, 3.8) is 0 Å². The van der Waals surface area contributed by atoms with E-state index in [0.717, 1.165) is 15.8 Å². The minimum Gasteiger partial charge on any atom is -0.452 e. The molecule has 2 aromatic carbocycles. The monoisotopic (exact) mass is 388 g/mol. The van der Waals surface area contributed by atoms with Crippen molar-refractivity contribution >= 4 is 49.4 Å². The number of aryl methyl sites for hydroxylation is 1. The predicted molar refractivity (Wildman–Crippen MR) is 102 cm³/mol. The summed E-state index contributed by atoms with van der Waals surface area (Å²) in [7, 11) is -1.11. The number of fused-ring (bicyclic) bond motifs is 1. The molecule has 0 aliphatic carbocycles. The summed E-state index contributed by atoms with van der Waals surface area (Å²) in [6, 6.07) is 12.1. The maximum absolute atomic E-state index is 12.0. The van der Waals surface area contributed by atoms with Gasteiger partial charge in [-0.05, 0) is 48.9 Å². The summed E-state index contributed by atoms with van der Waals surface area (Å²) < 4.78 is 17.3. The Bertz CT molecular complexity index is 996. The summed E-state index contributed by atoms with van der Waals surface area (Å²) in [6.07, 6.45) is 1.56. The van der Waals surface area contributed by atoms with Gasteiger partial charge < -0.3 is 4.74 Å². The third-order valence-corrected chi connectivity index (χ3v) is 5.42. The lowest BCUT2D eigenvalue weighted by Crippen LogP contribution is -2.20. The fraction of sp³-hybridized carbons (Fsp3) is 0.167. The standard InChI is InChI=1S/C18H16N2O4S2/c1-11-3-8-14-15(9-11)25-18(19-14)20-16(21)10-24-17(22)12-4-6-13(7-5-12)26(2)23/h3-9H,10H2,1-2H3,(H,19,20,21). The van der Waals surface area contributed by atoms with Crippen molar-refractivity contribution in [3.05, 3.63) is 53.6 Å². The van der Waals surface area contributed by atoms with Crippen molar-refractivity contribution in [1.82, 2.24) is 4.98 Å². The Morgan fingerprint density at radius 2 is 1.92 bits per heavy atom. The molecule has 0 saturated heterocycles. The van der Waals surface area contributed by atoms with Crippen LogP contribution in [0.15, 0.2) is 47.4 Å². The van der Waals surface area contributed by atoms with Crippen LogP contribution >= 0.6 is 11.3 Å². The largest absolute Gasteiger partial charge is 0.452 e. The van der Waals surface area contributed by atoms with Crippen LogP contribution in [-0.4, -0.2) is 33.9 Å². The van der Waals surface area contributed by atoms with Crippen LogP contribution < -0.4 is 5.32 Å². The third kappa shape index (κ3) is 4.33. The second-order valence-corrected chi connectivity index (χ2v) is 8.00. The number of amides is 1. The Kier molecular flexibility index (Phi) is 5.43. The average molecular weight is 388 g/mol. The number of esters is 1. The van der Waals surface area contributed by atoms with Crippen LogP contribution in [0.4, 0.5) is 5.13 Å². The van der Waals surface area contributed by atoms with Gasteiger partial charge in [-0.15, -0.1) is 0 Å². The molecule has 8 heteroatoms. The second-order valence-electron chi connectivity index (χ2n) is 5.59. The molecule has 26 heavy (non-hydrogen) atoms. The highest BCUT2D eigenvalue weighted by Gasteiger charge is 2.12. The highest BCUT2D eigenvalue weighted by atomic mass is 32.2. The summed E-state index contributed by atoms with van der Waals surface area (Å²) in [5, 5.41) is 3.09. The molecule has 1 amide bonds. The van der Waals surface area contributed by atoms with Crippen LogP contribution in [0, 0.1) is 6.92 Å². The predicted octanol–water partition coefficient (Wildman–Crippen LogP) is 3.14. The Morgan fingerprint density at radius 3 is 2.62 bits per heavy atom. The van der Waals surface area contributed by atoms with E-state index in [9.17, 15) is 13.8 Å². The first-order chi connectivity index (χ1) is 12.4. The number of benzene rings is 2. The number of anilines is 1. The average Bonchev–Trinajstić information content (AvgIpc) is 3.00. The third-order valence-electron chi connectivity index (χ3n) is 3.55. The highest BCUT2D eigenvalue weighted by molar-refractivity contribution is 7.84. The molecule has 1 aromatic heterocycles. The lowest BCUT2D eigenvalue weighted by Gasteiger charge is -2.05. The molecular weight excluding hydrogens is 372 g/mol. The maximum Gasteiger partial charge on any atom is 0.338 e. The molecule has 0 spiro atoms. The van der Waals surface area contributed by atoms with Gasteiger partial charge in [-0.2, -0.15) is 0 Å². The van der Waals surface area contributed by atoms with Crippen molar-refractivity contribution in [3.8, 4) is 0 Å². The molecule has 0 radical (unpaired) electrons. The number of rotatable bonds is 5. The van der Waals surface area contributed by atoms with Crippen molar-refractivity contribution in [2.45, 2.75) is 11.8 Å². The number of carbonyl (C=O) groups is 2. The van der Waals surface area contributed by atoms with Gasteiger partial charge in [0.2, 0.25) is 0 Å². The van der Waals surface area contributed by atoms with Crippen molar-refractivity contribution in [2.75, 3.05) is 18.2 Å². The zero-order valence-electron chi connectivity index (χ0n) is 14.1. The Hall–Kier alpha value is -2.58. The van der Waals surface area contributed by atoms with Gasteiger partial charge in [-0.3, -0.25) is 14.3 Å². The maximum atomic E-state index is 12.0. The number of hydrogen-bond acceptors (Lipinski definition) is 6. The lowest BCUT2D eigenvalue weighted by molar-refractivity contribution is -0.119. The summed E-state index contributed by atoms with van der Waals surface area (Å²) in [5.74, 6) is -1.08. The van der Waals surface area contributed by atoms with E-state index >= 15 is 0 Å². The van der Waals surface area contributed by atoms with Crippen LogP contribution in [0.25, 0.3) is 10.2 Å². The van der Waals surface area contributed by atoms with Gasteiger partial charge >= 0.3 is 5.97 Å². The fourth-order valence-corrected chi connectivity index (χ4v) is 3.74. The highest BCUT2D eigenvalue weighted by Crippen LogP contribution is 2.26. The molecule has 1 atom stereocenters. The second kappa shape index (κ2) is 7.76. The topological polar surface area (TPSA) is 85.4 Å². The Balaban J connectivity index is 1.57. The van der Waals surface area contributed by atoms with Gasteiger partial charge in [0.05, 0.1) is 15.8 Å². The zero-order valence-corrected chi connectivity index (χ0v) is 15.8. The SMILES string of the molecule is Cc1ccc2nc(NC(=O)COC(=O)c3ccc(S(C)=O)cc3)sc2c1. The number of carbonyl (C=O) groups excluding carboxylic acids is 2. The Morgan fingerprint density at radius 1 is 1.19 bits per heavy atom. The first kappa shape index (κ1) is 18.2. The van der Waals surface area contributed by atoms with Crippen LogP contribution in [0.1, 0.15) is 15.9 Å². The lowest BCUT2D eigenvalue weighted by atomic mass is 10.2. The molecule has 0 bridgehead atoms. The van der Waals surface area contributed by atoms with Gasteiger partial charge in [-0.1, -0.05) is 17.4 Å². The fourth-order valence-electron chi connectivity index (χ4n) is 2.24. The normalized spacial score (nSPS) is 11.9. The van der Waals surface area contributed by atoms with E-state index < -0.39 is 29.3 Å². The van der Waals surface area contributed by atoms with Crippen LogP contribution in [-0.2, 0) is 20.3 Å². The minimum absolute atomic E-state index is 0.294. The van der Waals surface area contributed by atoms with Gasteiger partial charge in [-0.25, -0.2) is 9.78 Å². The van der Waals surface area contributed by atoms with Crippen molar-refractivity contribution in [1.29, 1.82) is 0 Å². The molecule has 3 rings (SSSR count). The summed E-state index contributed by atoms with van der Waals surface area (Å²) in [6.45, 7) is 1.58. The van der Waals surface area contributed by atoms with E-state index in [1.807, 2.05) is 25.1 Å². The molecule has 0 aliphatic rings. The molecule has 134 valence electrons. The van der Waals surface area contributed by atoms with Crippen LogP contribution in [0.2, 0.25) is 0 Å². The number of hydrogen-bond donors (Lipinski definition) is 1. The summed E-state index contributed by atoms with van der Waals surface area (Å²) in [5.41, 5.74) is 2.22. The van der Waals surface area contributed by atoms with Gasteiger partial charge in [0.15, 0.2) is 11.7 Å². The summed E-state index contributed by atoms with van der Waals surface area (Å²) >= 11 is 1.36. The molecule has 6 nitrogen and oxygen atoms in total. The van der Waals surface area contributed by atoms with E-state index in [1.165, 1.54) is 23.5 Å². The molecule has 1 unspecified atom stereocenters. The number of nitrogens with one attached hydrogen (secondary N) is 1. The quantitative estimate of drug-likeness (QED) is 0.679. The number of nitrogens with zero attached hydrogens (tertiary/aromatic N) is 1. The van der Waals surface area contributed by atoms with E-state index in [2.05, 4.69) is 10.3 Å². The van der Waals surface area contributed by atoms with Crippen molar-refractivity contribution in [2.24, 2.45) is 0 Å². The number of aromatic nitrogens is 1. The first-order valence-corrected chi connectivity index (χ1v) is 10.1. The van der Waals surface area contributed by atoms with E-state index in [0.29, 0.717) is 15.6 Å². The van der Waals surface area contributed by atoms with Gasteiger partial charge in [0, 0.05) is 22.0 Å². The zero-order chi connectivity index (χ0) is 18.7. The number of thiazole rings is 1. The molecule has 3 aromatic rings. The van der Waals surface area contributed by atoms with Crippen LogP contribution in [0.3, 0.4) is 0 Å². The minimum atomic E-state index is -1.11. The van der Waals surface area contributed by atoms with Crippen LogP contribution in [0.5, 0.6) is 0 Å².